The average Bonchev–Trinajstić information content (AvgIpc) is 2.95. The molecule has 0 aliphatic heterocycles. The van der Waals surface area contributed by atoms with E-state index in [1.807, 2.05) is 0 Å². The van der Waals surface area contributed by atoms with Gasteiger partial charge in [-0.15, -0.1) is 0 Å². The van der Waals surface area contributed by atoms with Crippen molar-refractivity contribution in [3.8, 4) is 0 Å². The van der Waals surface area contributed by atoms with Crippen molar-refractivity contribution in [2.75, 3.05) is 16.8 Å². The van der Waals surface area contributed by atoms with E-state index in [0.717, 1.165) is 0 Å². The molecule has 7 nitrogen and oxygen atoms in total. The highest BCUT2D eigenvalue weighted by molar-refractivity contribution is 8.00. The lowest BCUT2D eigenvalue weighted by molar-refractivity contribution is -0.113. The number of anilines is 2. The lowest BCUT2D eigenvalue weighted by atomic mass is 10.3. The summed E-state index contributed by atoms with van der Waals surface area (Å²) in [5.41, 5.74) is 7.22. The molecule has 0 aliphatic rings. The molecule has 0 bridgehead atoms. The maximum atomic E-state index is 12.8. The molecule has 0 aliphatic carbocycles. The number of H-pyrrole nitrogens is 1. The van der Waals surface area contributed by atoms with Crippen LogP contribution in [0.4, 0.5) is 16.0 Å². The van der Waals surface area contributed by atoms with Gasteiger partial charge in [0.15, 0.2) is 5.65 Å². The number of imidazole rings is 1. The van der Waals surface area contributed by atoms with Gasteiger partial charge in [0, 0.05) is 5.69 Å². The number of benzene rings is 1. The minimum atomic E-state index is -0.356. The van der Waals surface area contributed by atoms with Crippen LogP contribution in [0.2, 0.25) is 0 Å². The molecule has 9 heteroatoms. The van der Waals surface area contributed by atoms with Gasteiger partial charge in [0.05, 0.1) is 12.1 Å². The third kappa shape index (κ3) is 3.14. The van der Waals surface area contributed by atoms with Gasteiger partial charge in [-0.3, -0.25) is 4.79 Å². The third-order valence-electron chi connectivity index (χ3n) is 2.74. The van der Waals surface area contributed by atoms with E-state index < -0.39 is 0 Å². The summed E-state index contributed by atoms with van der Waals surface area (Å²) in [5, 5.41) is 3.22. The summed E-state index contributed by atoms with van der Waals surface area (Å²) >= 11 is 1.21. The standard InChI is InChI=1S/C13H11FN6OS/c14-7-1-3-8(4-2-7)18-9(21)5-22-12-10-11(17-6-16-10)19-13(15)20-12/h1-4,6H,5H2,(H,18,21)(H3,15,16,17,19,20). The van der Waals surface area contributed by atoms with Crippen LogP contribution in [-0.2, 0) is 4.79 Å². The van der Waals surface area contributed by atoms with Crippen molar-refractivity contribution in [1.82, 2.24) is 19.9 Å². The zero-order valence-electron chi connectivity index (χ0n) is 11.2. The largest absolute Gasteiger partial charge is 0.368 e. The summed E-state index contributed by atoms with van der Waals surface area (Å²) in [7, 11) is 0. The molecule has 112 valence electrons. The number of amides is 1. The number of aromatic amines is 1. The minimum Gasteiger partial charge on any atom is -0.368 e. The number of halogens is 1. The summed E-state index contributed by atoms with van der Waals surface area (Å²) < 4.78 is 12.8. The minimum absolute atomic E-state index is 0.0982. The van der Waals surface area contributed by atoms with Crippen LogP contribution < -0.4 is 11.1 Å². The van der Waals surface area contributed by atoms with Gasteiger partial charge < -0.3 is 16.0 Å². The molecule has 1 amide bonds. The molecule has 0 spiro atoms. The van der Waals surface area contributed by atoms with E-state index in [9.17, 15) is 9.18 Å². The van der Waals surface area contributed by atoms with Gasteiger partial charge in [-0.25, -0.2) is 14.4 Å². The van der Waals surface area contributed by atoms with Gasteiger partial charge in [0.25, 0.3) is 0 Å². The highest BCUT2D eigenvalue weighted by Gasteiger charge is 2.11. The average molecular weight is 318 g/mol. The molecule has 1 aromatic carbocycles. The van der Waals surface area contributed by atoms with Gasteiger partial charge in [0.1, 0.15) is 16.4 Å². The van der Waals surface area contributed by atoms with Crippen LogP contribution in [-0.4, -0.2) is 31.6 Å². The van der Waals surface area contributed by atoms with E-state index in [1.54, 1.807) is 0 Å². The fraction of sp³-hybridized carbons (Fsp3) is 0.0769. The lowest BCUT2D eigenvalue weighted by Crippen LogP contribution is -2.14. The first-order valence-corrected chi connectivity index (χ1v) is 7.25. The van der Waals surface area contributed by atoms with Crippen molar-refractivity contribution in [3.63, 3.8) is 0 Å². The molecule has 3 rings (SSSR count). The molecule has 0 radical (unpaired) electrons. The first-order valence-electron chi connectivity index (χ1n) is 6.26. The molecule has 0 saturated carbocycles. The quantitative estimate of drug-likeness (QED) is 0.500. The number of rotatable bonds is 4. The molecule has 0 unspecified atom stereocenters. The highest BCUT2D eigenvalue weighted by atomic mass is 32.2. The van der Waals surface area contributed by atoms with E-state index >= 15 is 0 Å². The van der Waals surface area contributed by atoms with Crippen molar-refractivity contribution in [2.45, 2.75) is 5.03 Å². The Balaban J connectivity index is 1.67. The Hall–Kier alpha value is -2.68. The molecule has 22 heavy (non-hydrogen) atoms. The van der Waals surface area contributed by atoms with Crippen LogP contribution in [0.5, 0.6) is 0 Å². The molecule has 0 fully saturated rings. The Labute approximate surface area is 128 Å². The van der Waals surface area contributed by atoms with Gasteiger partial charge in [0.2, 0.25) is 11.9 Å². The van der Waals surface area contributed by atoms with E-state index in [1.165, 1.54) is 42.4 Å². The van der Waals surface area contributed by atoms with E-state index in [0.29, 0.717) is 21.9 Å². The normalized spacial score (nSPS) is 10.8. The molecule has 2 heterocycles. The molecule has 2 aromatic heterocycles. The number of thioether (sulfide) groups is 1. The topological polar surface area (TPSA) is 110 Å². The van der Waals surface area contributed by atoms with Gasteiger partial charge in [-0.05, 0) is 24.3 Å². The fourth-order valence-electron chi connectivity index (χ4n) is 1.79. The third-order valence-corrected chi connectivity index (χ3v) is 3.71. The maximum Gasteiger partial charge on any atom is 0.234 e. The zero-order chi connectivity index (χ0) is 15.5. The van der Waals surface area contributed by atoms with Crippen molar-refractivity contribution >= 4 is 40.5 Å². The SMILES string of the molecule is Nc1nc(SCC(=O)Nc2ccc(F)cc2)c2[nH]cnc2n1. The van der Waals surface area contributed by atoms with Crippen molar-refractivity contribution in [2.24, 2.45) is 0 Å². The highest BCUT2D eigenvalue weighted by Crippen LogP contribution is 2.23. The Kier molecular flexibility index (Phi) is 3.88. The number of nitrogens with two attached hydrogens (primary N) is 1. The first-order chi connectivity index (χ1) is 10.6. The fourth-order valence-corrected chi connectivity index (χ4v) is 2.58. The van der Waals surface area contributed by atoms with Crippen LogP contribution in [0.25, 0.3) is 11.2 Å². The first kappa shape index (κ1) is 14.3. The number of nitrogen functional groups attached to an aromatic ring is 1. The summed E-state index contributed by atoms with van der Waals surface area (Å²) in [5.74, 6) is -0.366. The summed E-state index contributed by atoms with van der Waals surface area (Å²) in [6.45, 7) is 0. The molecule has 0 saturated heterocycles. The van der Waals surface area contributed by atoms with E-state index in [2.05, 4.69) is 25.3 Å². The Morgan fingerprint density at radius 3 is 2.86 bits per heavy atom. The predicted molar refractivity (Wildman–Crippen MR) is 81.8 cm³/mol. The molecule has 0 atom stereocenters. The van der Waals surface area contributed by atoms with E-state index in [4.69, 9.17) is 5.73 Å². The molecule has 3 aromatic rings. The molecule has 4 N–H and O–H groups in total. The number of nitrogens with one attached hydrogen (secondary N) is 2. The van der Waals surface area contributed by atoms with Crippen LogP contribution in [0.3, 0.4) is 0 Å². The second-order valence-corrected chi connectivity index (χ2v) is 5.30. The second kappa shape index (κ2) is 5.98. The van der Waals surface area contributed by atoms with Gasteiger partial charge >= 0.3 is 0 Å². The van der Waals surface area contributed by atoms with Crippen molar-refractivity contribution in [3.05, 3.63) is 36.4 Å². The van der Waals surface area contributed by atoms with Crippen LogP contribution in [0, 0.1) is 5.82 Å². The van der Waals surface area contributed by atoms with Crippen molar-refractivity contribution < 1.29 is 9.18 Å². The Morgan fingerprint density at radius 2 is 2.09 bits per heavy atom. The zero-order valence-corrected chi connectivity index (χ0v) is 12.0. The van der Waals surface area contributed by atoms with Crippen molar-refractivity contribution in [1.29, 1.82) is 0 Å². The van der Waals surface area contributed by atoms with Crippen LogP contribution >= 0.6 is 11.8 Å². The number of hydrogen-bond donors (Lipinski definition) is 3. The number of nitrogens with zero attached hydrogens (tertiary/aromatic N) is 3. The summed E-state index contributed by atoms with van der Waals surface area (Å²) in [6, 6.07) is 5.55. The molecular formula is C13H11FN6OS. The number of aromatic nitrogens is 4. The Bertz CT molecular complexity index is 819. The van der Waals surface area contributed by atoms with Gasteiger partial charge in [-0.2, -0.15) is 4.98 Å². The molecular weight excluding hydrogens is 307 g/mol. The van der Waals surface area contributed by atoms with Crippen LogP contribution in [0.1, 0.15) is 0 Å². The van der Waals surface area contributed by atoms with Crippen LogP contribution in [0.15, 0.2) is 35.6 Å². The summed E-state index contributed by atoms with van der Waals surface area (Å²) in [6.07, 6.45) is 1.49. The van der Waals surface area contributed by atoms with Gasteiger partial charge in [-0.1, -0.05) is 11.8 Å². The summed E-state index contributed by atoms with van der Waals surface area (Å²) in [4.78, 5) is 26.9. The number of fused-ring (bicyclic) bond motifs is 1. The predicted octanol–water partition coefficient (Wildman–Crippen LogP) is 1.80. The lowest BCUT2D eigenvalue weighted by Gasteiger charge is -2.05. The Morgan fingerprint density at radius 1 is 1.32 bits per heavy atom. The number of carbonyl (C=O) groups is 1. The van der Waals surface area contributed by atoms with E-state index in [-0.39, 0.29) is 23.4 Å². The maximum absolute atomic E-state index is 12.8. The second-order valence-electron chi connectivity index (χ2n) is 4.33. The monoisotopic (exact) mass is 318 g/mol. The smallest absolute Gasteiger partial charge is 0.234 e. The number of carbonyl (C=O) groups excluding carboxylic acids is 1. The number of hydrogen-bond acceptors (Lipinski definition) is 6.